The first kappa shape index (κ1) is 14.5. The van der Waals surface area contributed by atoms with Gasteiger partial charge in [-0.05, 0) is 23.6 Å². The SMILES string of the molecule is CC(C)c1ccc(N2C[C@@]34C=C[C@H](O3)[C@@H](C(=O)[O-])[C@@H]4C2=O)cc1. The maximum Gasteiger partial charge on any atom is 0.234 e. The van der Waals surface area contributed by atoms with Gasteiger partial charge in [0.25, 0.3) is 0 Å². The molecule has 0 N–H and O–H groups in total. The van der Waals surface area contributed by atoms with Crippen molar-refractivity contribution in [3.8, 4) is 0 Å². The molecule has 120 valence electrons. The fourth-order valence-corrected chi connectivity index (χ4v) is 4.03. The van der Waals surface area contributed by atoms with Gasteiger partial charge in [0.1, 0.15) is 5.60 Å². The molecule has 2 bridgehead atoms. The average Bonchev–Trinajstić information content (AvgIpc) is 3.15. The van der Waals surface area contributed by atoms with E-state index in [2.05, 4.69) is 13.8 Å². The number of carbonyl (C=O) groups excluding carboxylic acids is 2. The summed E-state index contributed by atoms with van der Waals surface area (Å²) in [6.07, 6.45) is 3.05. The fraction of sp³-hybridized carbons (Fsp3) is 0.444. The molecule has 0 aliphatic carbocycles. The highest BCUT2D eigenvalue weighted by atomic mass is 16.5. The van der Waals surface area contributed by atoms with Crippen LogP contribution in [0.4, 0.5) is 5.69 Å². The van der Waals surface area contributed by atoms with Gasteiger partial charge >= 0.3 is 0 Å². The molecule has 1 amide bonds. The lowest BCUT2D eigenvalue weighted by molar-refractivity contribution is -0.313. The number of carboxylic acids is 1. The molecule has 0 aromatic heterocycles. The maximum absolute atomic E-state index is 12.8. The number of rotatable bonds is 3. The second kappa shape index (κ2) is 4.68. The zero-order chi connectivity index (χ0) is 16.4. The van der Waals surface area contributed by atoms with Crippen molar-refractivity contribution in [2.75, 3.05) is 11.4 Å². The topological polar surface area (TPSA) is 69.7 Å². The van der Waals surface area contributed by atoms with E-state index in [0.29, 0.717) is 12.5 Å². The van der Waals surface area contributed by atoms with E-state index in [4.69, 9.17) is 4.74 Å². The van der Waals surface area contributed by atoms with Crippen LogP contribution in [0.25, 0.3) is 0 Å². The molecule has 2 saturated heterocycles. The van der Waals surface area contributed by atoms with Crippen molar-refractivity contribution in [3.05, 3.63) is 42.0 Å². The molecule has 5 heteroatoms. The quantitative estimate of drug-likeness (QED) is 0.776. The summed E-state index contributed by atoms with van der Waals surface area (Å²) in [5, 5.41) is 11.4. The fourth-order valence-electron chi connectivity index (χ4n) is 4.03. The number of aliphatic carboxylic acids is 1. The second-order valence-corrected chi connectivity index (χ2v) is 6.89. The van der Waals surface area contributed by atoms with E-state index in [9.17, 15) is 14.7 Å². The van der Waals surface area contributed by atoms with Crippen LogP contribution >= 0.6 is 0 Å². The molecule has 1 aromatic carbocycles. The van der Waals surface area contributed by atoms with E-state index in [1.165, 1.54) is 5.56 Å². The molecule has 3 aliphatic heterocycles. The van der Waals surface area contributed by atoms with Crippen molar-refractivity contribution >= 4 is 17.6 Å². The van der Waals surface area contributed by atoms with Crippen LogP contribution in [0.3, 0.4) is 0 Å². The second-order valence-electron chi connectivity index (χ2n) is 6.89. The van der Waals surface area contributed by atoms with Gasteiger partial charge in [0.05, 0.1) is 18.6 Å². The highest BCUT2D eigenvalue weighted by molar-refractivity contribution is 6.02. The van der Waals surface area contributed by atoms with E-state index in [-0.39, 0.29) is 5.91 Å². The van der Waals surface area contributed by atoms with E-state index >= 15 is 0 Å². The van der Waals surface area contributed by atoms with E-state index in [1.54, 1.807) is 11.0 Å². The van der Waals surface area contributed by atoms with Gasteiger partial charge in [0.15, 0.2) is 0 Å². The molecule has 1 spiro atoms. The van der Waals surface area contributed by atoms with Crippen molar-refractivity contribution in [3.63, 3.8) is 0 Å². The number of benzene rings is 1. The maximum atomic E-state index is 12.8. The Morgan fingerprint density at radius 3 is 2.65 bits per heavy atom. The first-order chi connectivity index (χ1) is 10.9. The van der Waals surface area contributed by atoms with Gasteiger partial charge in [-0.25, -0.2) is 0 Å². The Kier molecular flexibility index (Phi) is 2.94. The summed E-state index contributed by atoms with van der Waals surface area (Å²) < 4.78 is 5.85. The van der Waals surface area contributed by atoms with Gasteiger partial charge < -0.3 is 19.5 Å². The summed E-state index contributed by atoms with van der Waals surface area (Å²) in [7, 11) is 0. The smallest absolute Gasteiger partial charge is 0.234 e. The lowest BCUT2D eigenvalue weighted by Gasteiger charge is -2.24. The number of hydrogen-bond acceptors (Lipinski definition) is 4. The van der Waals surface area contributed by atoms with Gasteiger partial charge in [-0.3, -0.25) is 4.79 Å². The van der Waals surface area contributed by atoms with Gasteiger partial charge in [-0.2, -0.15) is 0 Å². The molecule has 3 aliphatic rings. The van der Waals surface area contributed by atoms with Gasteiger partial charge in [-0.1, -0.05) is 38.1 Å². The third-order valence-electron chi connectivity index (χ3n) is 5.24. The number of carbonyl (C=O) groups is 2. The molecule has 2 fully saturated rings. The normalized spacial score (nSPS) is 34.5. The Labute approximate surface area is 134 Å². The standard InChI is InChI=1S/C18H19NO4/c1-10(2)11-3-5-12(6-4-11)19-9-18-8-7-13(23-18)14(17(21)22)15(18)16(19)20/h3-8,10,13-15H,9H2,1-2H3,(H,21,22)/p-1/t13-,14+,15+,18+/m0/s1. The minimum Gasteiger partial charge on any atom is -0.550 e. The lowest BCUT2D eigenvalue weighted by atomic mass is 9.77. The van der Waals surface area contributed by atoms with E-state index in [0.717, 1.165) is 5.69 Å². The number of ether oxygens (including phenoxy) is 1. The number of fused-ring (bicyclic) bond motifs is 1. The minimum atomic E-state index is -1.21. The molecule has 4 rings (SSSR count). The predicted octanol–water partition coefficient (Wildman–Crippen LogP) is 0.846. The Morgan fingerprint density at radius 1 is 1.35 bits per heavy atom. The highest BCUT2D eigenvalue weighted by Crippen LogP contribution is 2.52. The van der Waals surface area contributed by atoms with Crippen molar-refractivity contribution in [1.82, 2.24) is 0 Å². The van der Waals surface area contributed by atoms with Crippen molar-refractivity contribution < 1.29 is 19.4 Å². The van der Waals surface area contributed by atoms with Gasteiger partial charge in [0.2, 0.25) is 5.91 Å². The van der Waals surface area contributed by atoms with Crippen LogP contribution in [0, 0.1) is 11.8 Å². The van der Waals surface area contributed by atoms with Crippen LogP contribution < -0.4 is 10.0 Å². The van der Waals surface area contributed by atoms with Crippen molar-refractivity contribution in [1.29, 1.82) is 0 Å². The van der Waals surface area contributed by atoms with Crippen molar-refractivity contribution in [2.24, 2.45) is 11.8 Å². The summed E-state index contributed by atoms with van der Waals surface area (Å²) in [6.45, 7) is 4.58. The molecular weight excluding hydrogens is 294 g/mol. The average molecular weight is 312 g/mol. The third-order valence-corrected chi connectivity index (χ3v) is 5.24. The summed E-state index contributed by atoms with van der Waals surface area (Å²) in [6, 6.07) is 7.83. The molecule has 3 heterocycles. The zero-order valence-electron chi connectivity index (χ0n) is 13.1. The lowest BCUT2D eigenvalue weighted by Crippen LogP contribution is -2.45. The third kappa shape index (κ3) is 1.89. The molecule has 0 unspecified atom stereocenters. The van der Waals surface area contributed by atoms with E-state index < -0.39 is 29.5 Å². The zero-order valence-corrected chi connectivity index (χ0v) is 13.1. The molecule has 4 atom stereocenters. The number of carboxylic acid groups (broad SMARTS) is 1. The molecule has 1 aromatic rings. The monoisotopic (exact) mass is 312 g/mol. The van der Waals surface area contributed by atoms with Crippen LogP contribution in [-0.2, 0) is 14.3 Å². The number of nitrogens with zero attached hydrogens (tertiary/aromatic N) is 1. The summed E-state index contributed by atoms with van der Waals surface area (Å²) >= 11 is 0. The van der Waals surface area contributed by atoms with Crippen LogP contribution in [0.15, 0.2) is 36.4 Å². The highest BCUT2D eigenvalue weighted by Gasteiger charge is 2.65. The summed E-state index contributed by atoms with van der Waals surface area (Å²) in [4.78, 5) is 25.9. The molecule has 23 heavy (non-hydrogen) atoms. The minimum absolute atomic E-state index is 0.191. The Bertz CT molecular complexity index is 708. The molecule has 0 radical (unpaired) electrons. The Balaban J connectivity index is 1.67. The first-order valence-electron chi connectivity index (χ1n) is 7.92. The number of amides is 1. The summed E-state index contributed by atoms with van der Waals surface area (Å²) in [5.41, 5.74) is 1.16. The number of hydrogen-bond donors (Lipinski definition) is 0. The Morgan fingerprint density at radius 2 is 2.04 bits per heavy atom. The predicted molar refractivity (Wildman–Crippen MR) is 81.6 cm³/mol. The van der Waals surface area contributed by atoms with Gasteiger partial charge in [0, 0.05) is 17.6 Å². The molecular formula is C18H18NO4-. The largest absolute Gasteiger partial charge is 0.550 e. The van der Waals surface area contributed by atoms with Gasteiger partial charge in [-0.15, -0.1) is 0 Å². The first-order valence-corrected chi connectivity index (χ1v) is 7.92. The number of anilines is 1. The van der Waals surface area contributed by atoms with Crippen molar-refractivity contribution in [2.45, 2.75) is 31.5 Å². The van der Waals surface area contributed by atoms with Crippen LogP contribution in [0.1, 0.15) is 25.3 Å². The van der Waals surface area contributed by atoms with Crippen LogP contribution in [-0.4, -0.2) is 30.1 Å². The summed E-state index contributed by atoms with van der Waals surface area (Å²) in [5.74, 6) is -2.57. The molecule has 5 nitrogen and oxygen atoms in total. The van der Waals surface area contributed by atoms with Crippen LogP contribution in [0.2, 0.25) is 0 Å². The molecule has 0 saturated carbocycles. The Hall–Kier alpha value is -2.14. The van der Waals surface area contributed by atoms with E-state index in [1.807, 2.05) is 30.3 Å². The van der Waals surface area contributed by atoms with Crippen LogP contribution in [0.5, 0.6) is 0 Å².